The first kappa shape index (κ1) is 11.6. The van der Waals surface area contributed by atoms with Crippen LogP contribution in [0.2, 0.25) is 8.67 Å². The third-order valence-corrected chi connectivity index (χ3v) is 3.56. The minimum absolute atomic E-state index is 0.0284. The lowest BCUT2D eigenvalue weighted by Crippen LogP contribution is -2.02. The SMILES string of the molecule is O=C(Cc1ccncc1)c1cc(Cl)sc1Cl. The van der Waals surface area contributed by atoms with Crippen molar-refractivity contribution in [2.75, 3.05) is 0 Å². The number of halogens is 2. The lowest BCUT2D eigenvalue weighted by molar-refractivity contribution is 0.0993. The van der Waals surface area contributed by atoms with Crippen LogP contribution in [0.4, 0.5) is 0 Å². The Labute approximate surface area is 107 Å². The van der Waals surface area contributed by atoms with E-state index in [-0.39, 0.29) is 5.78 Å². The molecule has 0 unspecified atom stereocenters. The highest BCUT2D eigenvalue weighted by Gasteiger charge is 2.14. The van der Waals surface area contributed by atoms with Crippen molar-refractivity contribution in [2.45, 2.75) is 6.42 Å². The predicted octanol–water partition coefficient (Wildman–Crippen LogP) is 3.88. The van der Waals surface area contributed by atoms with Gasteiger partial charge in [-0.15, -0.1) is 11.3 Å². The molecule has 0 amide bonds. The summed E-state index contributed by atoms with van der Waals surface area (Å²) < 4.78 is 0.979. The van der Waals surface area contributed by atoms with E-state index >= 15 is 0 Å². The van der Waals surface area contributed by atoms with Crippen LogP contribution >= 0.6 is 34.5 Å². The van der Waals surface area contributed by atoms with Crippen molar-refractivity contribution in [1.82, 2.24) is 4.98 Å². The molecule has 2 nitrogen and oxygen atoms in total. The summed E-state index contributed by atoms with van der Waals surface area (Å²) in [4.78, 5) is 15.8. The van der Waals surface area contributed by atoms with Crippen LogP contribution in [0, 0.1) is 0 Å². The second-order valence-corrected chi connectivity index (χ2v) is 5.48. The average Bonchev–Trinajstić information content (AvgIpc) is 2.59. The van der Waals surface area contributed by atoms with Gasteiger partial charge in [0.1, 0.15) is 4.34 Å². The van der Waals surface area contributed by atoms with Gasteiger partial charge in [0.2, 0.25) is 0 Å². The van der Waals surface area contributed by atoms with Crippen LogP contribution in [0.25, 0.3) is 0 Å². The highest BCUT2D eigenvalue weighted by Crippen LogP contribution is 2.31. The van der Waals surface area contributed by atoms with E-state index in [1.54, 1.807) is 30.6 Å². The molecule has 2 heterocycles. The molecule has 0 saturated heterocycles. The first-order chi connectivity index (χ1) is 7.66. The van der Waals surface area contributed by atoms with Crippen LogP contribution in [-0.2, 0) is 6.42 Å². The van der Waals surface area contributed by atoms with Gasteiger partial charge in [0, 0.05) is 24.4 Å². The monoisotopic (exact) mass is 271 g/mol. The first-order valence-electron chi connectivity index (χ1n) is 4.54. The fourth-order valence-electron chi connectivity index (χ4n) is 1.31. The van der Waals surface area contributed by atoms with Gasteiger partial charge in [0.25, 0.3) is 0 Å². The van der Waals surface area contributed by atoms with Gasteiger partial charge in [-0.2, -0.15) is 0 Å². The first-order valence-corrected chi connectivity index (χ1v) is 6.11. The second-order valence-electron chi connectivity index (χ2n) is 3.19. The van der Waals surface area contributed by atoms with Gasteiger partial charge in [-0.1, -0.05) is 23.2 Å². The van der Waals surface area contributed by atoms with E-state index in [0.29, 0.717) is 20.7 Å². The summed E-state index contributed by atoms with van der Waals surface area (Å²) in [5, 5.41) is 0. The van der Waals surface area contributed by atoms with Gasteiger partial charge >= 0.3 is 0 Å². The number of ketones is 1. The number of hydrogen-bond acceptors (Lipinski definition) is 3. The van der Waals surface area contributed by atoms with Gasteiger partial charge in [0.15, 0.2) is 5.78 Å². The third-order valence-electron chi connectivity index (χ3n) is 2.07. The summed E-state index contributed by atoms with van der Waals surface area (Å²) in [6.07, 6.45) is 3.63. The van der Waals surface area contributed by atoms with Crippen molar-refractivity contribution < 1.29 is 4.79 Å². The Bertz CT molecular complexity index is 510. The number of carbonyl (C=O) groups is 1. The van der Waals surface area contributed by atoms with Gasteiger partial charge in [-0.25, -0.2) is 0 Å². The number of thiophene rings is 1. The quantitative estimate of drug-likeness (QED) is 0.794. The molecule has 0 fully saturated rings. The summed E-state index contributed by atoms with van der Waals surface area (Å²) in [5.74, 6) is -0.0284. The molecule has 0 bridgehead atoms. The number of Topliss-reactive ketones (excluding diaryl/α,β-unsaturated/α-hetero) is 1. The van der Waals surface area contributed by atoms with Crippen molar-refractivity contribution in [3.05, 3.63) is 50.4 Å². The summed E-state index contributed by atoms with van der Waals surface area (Å²) in [5.41, 5.74) is 1.41. The fourth-order valence-corrected chi connectivity index (χ4v) is 2.81. The van der Waals surface area contributed by atoms with E-state index in [2.05, 4.69) is 4.98 Å². The van der Waals surface area contributed by atoms with Gasteiger partial charge < -0.3 is 0 Å². The van der Waals surface area contributed by atoms with Crippen LogP contribution in [-0.4, -0.2) is 10.8 Å². The standard InChI is InChI=1S/C11H7Cl2NOS/c12-10-6-8(11(13)16-10)9(15)5-7-1-3-14-4-2-7/h1-4,6H,5H2. The molecule has 0 radical (unpaired) electrons. The molecular formula is C11H7Cl2NOS. The van der Waals surface area contributed by atoms with Crippen molar-refractivity contribution in [3.63, 3.8) is 0 Å². The molecule has 16 heavy (non-hydrogen) atoms. The number of rotatable bonds is 3. The van der Waals surface area contributed by atoms with Crippen LogP contribution in [0.1, 0.15) is 15.9 Å². The van der Waals surface area contributed by atoms with E-state index in [4.69, 9.17) is 23.2 Å². The summed E-state index contributed by atoms with van der Waals surface area (Å²) in [7, 11) is 0. The second kappa shape index (κ2) is 4.95. The fraction of sp³-hybridized carbons (Fsp3) is 0.0909. The molecule has 5 heteroatoms. The lowest BCUT2D eigenvalue weighted by atomic mass is 10.1. The smallest absolute Gasteiger partial charge is 0.169 e. The topological polar surface area (TPSA) is 30.0 Å². The number of aromatic nitrogens is 1. The van der Waals surface area contributed by atoms with E-state index in [1.807, 2.05) is 0 Å². The number of hydrogen-bond donors (Lipinski definition) is 0. The number of carbonyl (C=O) groups excluding carboxylic acids is 1. The number of pyridine rings is 1. The Hall–Kier alpha value is -0.900. The van der Waals surface area contributed by atoms with Crippen LogP contribution in [0.5, 0.6) is 0 Å². The lowest BCUT2D eigenvalue weighted by Gasteiger charge is -1.98. The van der Waals surface area contributed by atoms with E-state index < -0.39 is 0 Å². The Morgan fingerprint density at radius 2 is 2.00 bits per heavy atom. The Balaban J connectivity index is 2.18. The predicted molar refractivity (Wildman–Crippen MR) is 66.6 cm³/mol. The maximum atomic E-state index is 11.9. The zero-order valence-electron chi connectivity index (χ0n) is 8.11. The molecular weight excluding hydrogens is 265 g/mol. The Morgan fingerprint density at radius 3 is 2.56 bits per heavy atom. The van der Waals surface area contributed by atoms with Crippen molar-refractivity contribution in [2.24, 2.45) is 0 Å². The van der Waals surface area contributed by atoms with Crippen LogP contribution in [0.15, 0.2) is 30.6 Å². The van der Waals surface area contributed by atoms with E-state index in [1.165, 1.54) is 11.3 Å². The zero-order chi connectivity index (χ0) is 11.5. The van der Waals surface area contributed by atoms with Crippen LogP contribution < -0.4 is 0 Å². The number of nitrogens with zero attached hydrogens (tertiary/aromatic N) is 1. The normalized spacial score (nSPS) is 10.4. The Morgan fingerprint density at radius 1 is 1.31 bits per heavy atom. The molecule has 2 aromatic heterocycles. The van der Waals surface area contributed by atoms with Gasteiger partial charge in [0.05, 0.1) is 4.34 Å². The summed E-state index contributed by atoms with van der Waals surface area (Å²) in [6, 6.07) is 5.22. The van der Waals surface area contributed by atoms with E-state index in [9.17, 15) is 4.79 Å². The highest BCUT2D eigenvalue weighted by atomic mass is 35.5. The van der Waals surface area contributed by atoms with Crippen molar-refractivity contribution in [3.8, 4) is 0 Å². The minimum atomic E-state index is -0.0284. The maximum absolute atomic E-state index is 11.9. The molecule has 0 spiro atoms. The molecule has 0 aliphatic rings. The molecule has 0 aromatic carbocycles. The molecule has 2 aromatic rings. The molecule has 0 aliphatic carbocycles. The average molecular weight is 272 g/mol. The van der Waals surface area contributed by atoms with Crippen LogP contribution in [0.3, 0.4) is 0 Å². The molecule has 0 saturated carbocycles. The van der Waals surface area contributed by atoms with Crippen molar-refractivity contribution >= 4 is 40.3 Å². The Kier molecular flexibility index (Phi) is 3.59. The maximum Gasteiger partial charge on any atom is 0.169 e. The molecule has 82 valence electrons. The minimum Gasteiger partial charge on any atom is -0.294 e. The third kappa shape index (κ3) is 2.61. The van der Waals surface area contributed by atoms with Crippen molar-refractivity contribution in [1.29, 1.82) is 0 Å². The zero-order valence-corrected chi connectivity index (χ0v) is 10.4. The van der Waals surface area contributed by atoms with Gasteiger partial charge in [-0.05, 0) is 23.8 Å². The molecule has 0 atom stereocenters. The highest BCUT2D eigenvalue weighted by molar-refractivity contribution is 7.20. The summed E-state index contributed by atoms with van der Waals surface area (Å²) in [6.45, 7) is 0. The molecule has 0 N–H and O–H groups in total. The summed E-state index contributed by atoms with van der Waals surface area (Å²) >= 11 is 12.9. The molecule has 2 rings (SSSR count). The molecule has 0 aliphatic heterocycles. The van der Waals surface area contributed by atoms with Gasteiger partial charge in [-0.3, -0.25) is 9.78 Å². The largest absolute Gasteiger partial charge is 0.294 e. The van der Waals surface area contributed by atoms with E-state index in [0.717, 1.165) is 5.56 Å².